The fourth-order valence-electron chi connectivity index (χ4n) is 2.37. The normalized spacial score (nSPS) is 12.7. The fourth-order valence-corrected chi connectivity index (χ4v) is 2.37. The van der Waals surface area contributed by atoms with Crippen LogP contribution < -0.4 is 4.74 Å². The largest absolute Gasteiger partial charge is 0.508 e. The predicted molar refractivity (Wildman–Crippen MR) is 89.0 cm³/mol. The summed E-state index contributed by atoms with van der Waals surface area (Å²) < 4.78 is 5.76. The lowest BCUT2D eigenvalue weighted by Crippen LogP contribution is -2.22. The first-order valence-electron chi connectivity index (χ1n) is 7.54. The Morgan fingerprint density at radius 1 is 1.13 bits per heavy atom. The SMILES string of the molecule is CC(C)(C)Oc1ccc(CC(C(=O)O)c2cccc(O)c2)cc1. The van der Waals surface area contributed by atoms with Crippen molar-refractivity contribution < 1.29 is 19.7 Å². The number of benzene rings is 2. The molecule has 1 unspecified atom stereocenters. The molecule has 2 N–H and O–H groups in total. The summed E-state index contributed by atoms with van der Waals surface area (Å²) in [6.45, 7) is 5.93. The van der Waals surface area contributed by atoms with E-state index in [1.54, 1.807) is 12.1 Å². The number of ether oxygens (including phenoxy) is 1. The van der Waals surface area contributed by atoms with E-state index >= 15 is 0 Å². The van der Waals surface area contributed by atoms with Crippen molar-refractivity contribution in [2.24, 2.45) is 0 Å². The zero-order valence-corrected chi connectivity index (χ0v) is 13.6. The van der Waals surface area contributed by atoms with Crippen LogP contribution >= 0.6 is 0 Å². The van der Waals surface area contributed by atoms with Gasteiger partial charge in [-0.05, 0) is 62.6 Å². The molecule has 0 saturated carbocycles. The van der Waals surface area contributed by atoms with E-state index in [0.29, 0.717) is 12.0 Å². The summed E-state index contributed by atoms with van der Waals surface area (Å²) in [4.78, 5) is 11.6. The molecule has 122 valence electrons. The molecule has 2 rings (SSSR count). The van der Waals surface area contributed by atoms with Gasteiger partial charge in [-0.3, -0.25) is 4.79 Å². The zero-order valence-electron chi connectivity index (χ0n) is 13.6. The maximum atomic E-state index is 11.6. The number of hydrogen-bond acceptors (Lipinski definition) is 3. The highest BCUT2D eigenvalue weighted by Crippen LogP contribution is 2.26. The third kappa shape index (κ3) is 5.02. The number of aromatic hydroxyl groups is 1. The molecule has 0 heterocycles. The monoisotopic (exact) mass is 314 g/mol. The maximum Gasteiger partial charge on any atom is 0.311 e. The van der Waals surface area contributed by atoms with Gasteiger partial charge in [0, 0.05) is 0 Å². The Bertz CT molecular complexity index is 669. The second-order valence-electron chi connectivity index (χ2n) is 6.55. The molecule has 0 aliphatic carbocycles. The Morgan fingerprint density at radius 2 is 1.78 bits per heavy atom. The molecule has 0 aliphatic heterocycles. The molecule has 0 amide bonds. The van der Waals surface area contributed by atoms with Crippen LogP contribution in [-0.2, 0) is 11.2 Å². The van der Waals surface area contributed by atoms with E-state index in [2.05, 4.69) is 0 Å². The average molecular weight is 314 g/mol. The summed E-state index contributed by atoms with van der Waals surface area (Å²) in [5.41, 5.74) is 1.22. The Balaban J connectivity index is 2.16. The minimum absolute atomic E-state index is 0.0719. The number of aliphatic carboxylic acids is 1. The summed E-state index contributed by atoms with van der Waals surface area (Å²) in [6.07, 6.45) is 0.356. The van der Waals surface area contributed by atoms with Crippen LogP contribution in [0.1, 0.15) is 37.8 Å². The number of phenols is 1. The van der Waals surface area contributed by atoms with E-state index in [1.807, 2.05) is 45.0 Å². The highest BCUT2D eigenvalue weighted by atomic mass is 16.5. The van der Waals surface area contributed by atoms with Crippen molar-refractivity contribution in [2.45, 2.75) is 38.7 Å². The lowest BCUT2D eigenvalue weighted by molar-refractivity contribution is -0.138. The van der Waals surface area contributed by atoms with Crippen molar-refractivity contribution in [1.82, 2.24) is 0 Å². The first-order valence-corrected chi connectivity index (χ1v) is 7.54. The van der Waals surface area contributed by atoms with Crippen molar-refractivity contribution in [3.8, 4) is 11.5 Å². The van der Waals surface area contributed by atoms with Gasteiger partial charge < -0.3 is 14.9 Å². The summed E-state index contributed by atoms with van der Waals surface area (Å²) in [5.74, 6) is -0.782. The van der Waals surface area contributed by atoms with E-state index in [0.717, 1.165) is 11.3 Å². The van der Waals surface area contributed by atoms with Crippen LogP contribution in [0.25, 0.3) is 0 Å². The fraction of sp³-hybridized carbons (Fsp3) is 0.316. The average Bonchev–Trinajstić information content (AvgIpc) is 2.44. The van der Waals surface area contributed by atoms with Crippen LogP contribution in [0.2, 0.25) is 0 Å². The van der Waals surface area contributed by atoms with E-state index in [-0.39, 0.29) is 11.4 Å². The highest BCUT2D eigenvalue weighted by Gasteiger charge is 2.21. The first kappa shape index (κ1) is 16.9. The number of phenolic OH excluding ortho intramolecular Hbond substituents is 1. The van der Waals surface area contributed by atoms with Crippen LogP contribution in [0.3, 0.4) is 0 Å². The molecule has 0 fully saturated rings. The molecule has 1 atom stereocenters. The number of carboxylic acids is 1. The molecule has 0 aliphatic rings. The van der Waals surface area contributed by atoms with Gasteiger partial charge in [0.15, 0.2) is 0 Å². The molecule has 4 nitrogen and oxygen atoms in total. The second kappa shape index (κ2) is 6.73. The first-order chi connectivity index (χ1) is 10.7. The van der Waals surface area contributed by atoms with Crippen molar-refractivity contribution in [1.29, 1.82) is 0 Å². The zero-order chi connectivity index (χ0) is 17.0. The van der Waals surface area contributed by atoms with Gasteiger partial charge in [-0.25, -0.2) is 0 Å². The molecule has 2 aromatic carbocycles. The number of hydrogen-bond donors (Lipinski definition) is 2. The van der Waals surface area contributed by atoms with Gasteiger partial charge >= 0.3 is 5.97 Å². The highest BCUT2D eigenvalue weighted by molar-refractivity contribution is 5.76. The van der Waals surface area contributed by atoms with Crippen molar-refractivity contribution in [3.63, 3.8) is 0 Å². The Morgan fingerprint density at radius 3 is 2.30 bits per heavy atom. The Labute approximate surface area is 136 Å². The topological polar surface area (TPSA) is 66.8 Å². The van der Waals surface area contributed by atoms with Crippen molar-refractivity contribution in [3.05, 3.63) is 59.7 Å². The number of rotatable bonds is 5. The number of carboxylic acid groups (broad SMARTS) is 1. The van der Waals surface area contributed by atoms with Crippen molar-refractivity contribution >= 4 is 5.97 Å². The summed E-state index contributed by atoms with van der Waals surface area (Å²) in [6, 6.07) is 13.8. The summed E-state index contributed by atoms with van der Waals surface area (Å²) >= 11 is 0. The van der Waals surface area contributed by atoms with E-state index in [1.165, 1.54) is 12.1 Å². The van der Waals surface area contributed by atoms with Gasteiger partial charge in [0.2, 0.25) is 0 Å². The molecule has 0 aromatic heterocycles. The van der Waals surface area contributed by atoms with Crippen LogP contribution in [0.4, 0.5) is 0 Å². The standard InChI is InChI=1S/C19H22O4/c1-19(2,3)23-16-9-7-13(8-10-16)11-17(18(21)22)14-5-4-6-15(20)12-14/h4-10,12,17,20H,11H2,1-3H3,(H,21,22). The third-order valence-corrected chi connectivity index (χ3v) is 3.36. The van der Waals surface area contributed by atoms with Gasteiger partial charge in [-0.2, -0.15) is 0 Å². The van der Waals surface area contributed by atoms with E-state index in [9.17, 15) is 15.0 Å². The third-order valence-electron chi connectivity index (χ3n) is 3.36. The van der Waals surface area contributed by atoms with Gasteiger partial charge in [-0.15, -0.1) is 0 Å². The predicted octanol–water partition coefficient (Wildman–Crippen LogP) is 3.98. The van der Waals surface area contributed by atoms with Gasteiger partial charge in [-0.1, -0.05) is 24.3 Å². The number of carbonyl (C=O) groups is 1. The van der Waals surface area contributed by atoms with E-state index in [4.69, 9.17) is 4.74 Å². The molecule has 2 aromatic rings. The lowest BCUT2D eigenvalue weighted by Gasteiger charge is -2.21. The molecule has 4 heteroatoms. The molecular weight excluding hydrogens is 292 g/mol. The van der Waals surface area contributed by atoms with E-state index < -0.39 is 11.9 Å². The van der Waals surface area contributed by atoms with Crippen molar-refractivity contribution in [2.75, 3.05) is 0 Å². The Kier molecular flexibility index (Phi) is 4.94. The molecule has 0 saturated heterocycles. The van der Waals surface area contributed by atoms with Crippen LogP contribution in [0.15, 0.2) is 48.5 Å². The van der Waals surface area contributed by atoms with Crippen LogP contribution in [0, 0.1) is 0 Å². The smallest absolute Gasteiger partial charge is 0.311 e. The second-order valence-corrected chi connectivity index (χ2v) is 6.55. The quantitative estimate of drug-likeness (QED) is 0.876. The van der Waals surface area contributed by atoms with Crippen LogP contribution in [-0.4, -0.2) is 21.8 Å². The molecule has 0 radical (unpaired) electrons. The minimum atomic E-state index is -0.911. The van der Waals surface area contributed by atoms with Crippen LogP contribution in [0.5, 0.6) is 11.5 Å². The Hall–Kier alpha value is -2.49. The van der Waals surface area contributed by atoms with Gasteiger partial charge in [0.25, 0.3) is 0 Å². The summed E-state index contributed by atoms with van der Waals surface area (Å²) in [7, 11) is 0. The minimum Gasteiger partial charge on any atom is -0.508 e. The molecular formula is C19H22O4. The molecule has 23 heavy (non-hydrogen) atoms. The van der Waals surface area contributed by atoms with Gasteiger partial charge in [0.1, 0.15) is 17.1 Å². The summed E-state index contributed by atoms with van der Waals surface area (Å²) in [5, 5.41) is 19.0. The van der Waals surface area contributed by atoms with Gasteiger partial charge in [0.05, 0.1) is 5.92 Å². The lowest BCUT2D eigenvalue weighted by atomic mass is 9.92. The molecule has 0 bridgehead atoms. The maximum absolute atomic E-state index is 11.6. The molecule has 0 spiro atoms.